The molecule has 2 rings (SSSR count). The molecule has 1 heterocycles. The lowest BCUT2D eigenvalue weighted by atomic mass is 10.2. The van der Waals surface area contributed by atoms with Gasteiger partial charge in [-0.25, -0.2) is 13.8 Å². The zero-order valence-electron chi connectivity index (χ0n) is 9.15. The van der Waals surface area contributed by atoms with Gasteiger partial charge in [-0.05, 0) is 30.3 Å². The van der Waals surface area contributed by atoms with Crippen LogP contribution in [0.25, 0.3) is 0 Å². The van der Waals surface area contributed by atoms with E-state index in [4.69, 9.17) is 5.73 Å². The zero-order valence-corrected chi connectivity index (χ0v) is 9.15. The summed E-state index contributed by atoms with van der Waals surface area (Å²) >= 11 is 0. The summed E-state index contributed by atoms with van der Waals surface area (Å²) in [6.45, 7) is 0. The Morgan fingerprint density at radius 3 is 2.56 bits per heavy atom. The SMILES string of the molecule is Nc1ccc(F)cc1NC(=O)c1ccc(F)cn1. The minimum Gasteiger partial charge on any atom is -0.397 e. The Balaban J connectivity index is 2.21. The number of nitrogens with two attached hydrogens (primary N) is 1. The van der Waals surface area contributed by atoms with E-state index >= 15 is 0 Å². The first-order chi connectivity index (χ1) is 8.56. The van der Waals surface area contributed by atoms with Crippen LogP contribution in [-0.2, 0) is 0 Å². The third-order valence-electron chi connectivity index (χ3n) is 2.22. The normalized spacial score (nSPS) is 10.1. The largest absolute Gasteiger partial charge is 0.397 e. The van der Waals surface area contributed by atoms with Gasteiger partial charge in [-0.2, -0.15) is 0 Å². The number of anilines is 2. The number of pyridine rings is 1. The molecule has 2 aromatic rings. The predicted molar refractivity (Wildman–Crippen MR) is 63.0 cm³/mol. The fourth-order valence-electron chi connectivity index (χ4n) is 1.33. The van der Waals surface area contributed by atoms with Crippen molar-refractivity contribution in [1.29, 1.82) is 0 Å². The lowest BCUT2D eigenvalue weighted by Crippen LogP contribution is -2.14. The van der Waals surface area contributed by atoms with Gasteiger partial charge in [0.25, 0.3) is 5.91 Å². The number of hydrogen-bond acceptors (Lipinski definition) is 3. The van der Waals surface area contributed by atoms with Crippen LogP contribution in [0.1, 0.15) is 10.5 Å². The standard InChI is InChI=1S/C12H9F2N3O/c13-7-1-3-9(15)11(5-7)17-12(18)10-4-2-8(14)6-16-10/h1-6H,15H2,(H,17,18). The summed E-state index contributed by atoms with van der Waals surface area (Å²) in [5.41, 5.74) is 5.97. The van der Waals surface area contributed by atoms with Gasteiger partial charge in [0.1, 0.15) is 17.3 Å². The van der Waals surface area contributed by atoms with E-state index in [-0.39, 0.29) is 17.1 Å². The molecule has 0 radical (unpaired) electrons. The first-order valence-corrected chi connectivity index (χ1v) is 5.04. The number of nitrogens with zero attached hydrogens (tertiary/aromatic N) is 1. The number of carbonyl (C=O) groups excluding carboxylic acids is 1. The Hall–Kier alpha value is -2.50. The van der Waals surface area contributed by atoms with Gasteiger partial charge < -0.3 is 11.1 Å². The number of rotatable bonds is 2. The van der Waals surface area contributed by atoms with Gasteiger partial charge in [-0.3, -0.25) is 4.79 Å². The van der Waals surface area contributed by atoms with Crippen LogP contribution >= 0.6 is 0 Å². The molecule has 1 amide bonds. The monoisotopic (exact) mass is 249 g/mol. The van der Waals surface area contributed by atoms with Crippen LogP contribution in [-0.4, -0.2) is 10.9 Å². The predicted octanol–water partition coefficient (Wildman–Crippen LogP) is 2.19. The molecule has 18 heavy (non-hydrogen) atoms. The fourth-order valence-corrected chi connectivity index (χ4v) is 1.33. The maximum absolute atomic E-state index is 13.0. The smallest absolute Gasteiger partial charge is 0.274 e. The summed E-state index contributed by atoms with van der Waals surface area (Å²) in [5.74, 6) is -1.66. The van der Waals surface area contributed by atoms with Gasteiger partial charge >= 0.3 is 0 Å². The summed E-state index contributed by atoms with van der Waals surface area (Å²) in [7, 11) is 0. The van der Waals surface area contributed by atoms with E-state index in [0.717, 1.165) is 18.3 Å². The molecule has 0 atom stereocenters. The van der Waals surface area contributed by atoms with Crippen molar-refractivity contribution in [3.8, 4) is 0 Å². The van der Waals surface area contributed by atoms with Crippen molar-refractivity contribution in [2.45, 2.75) is 0 Å². The highest BCUT2D eigenvalue weighted by atomic mass is 19.1. The average Bonchev–Trinajstić information content (AvgIpc) is 2.34. The topological polar surface area (TPSA) is 68.0 Å². The van der Waals surface area contributed by atoms with Crippen molar-refractivity contribution in [1.82, 2.24) is 4.98 Å². The van der Waals surface area contributed by atoms with E-state index in [0.29, 0.717) is 0 Å². The number of aromatic nitrogens is 1. The van der Waals surface area contributed by atoms with Crippen molar-refractivity contribution in [3.63, 3.8) is 0 Å². The molecule has 0 saturated carbocycles. The quantitative estimate of drug-likeness (QED) is 0.801. The average molecular weight is 249 g/mol. The number of benzene rings is 1. The molecular formula is C12H9F2N3O. The molecule has 0 unspecified atom stereocenters. The second-order valence-electron chi connectivity index (χ2n) is 3.55. The maximum Gasteiger partial charge on any atom is 0.274 e. The molecule has 92 valence electrons. The highest BCUT2D eigenvalue weighted by Crippen LogP contribution is 2.19. The minimum atomic E-state index is -0.590. The highest BCUT2D eigenvalue weighted by Gasteiger charge is 2.10. The van der Waals surface area contributed by atoms with E-state index in [2.05, 4.69) is 10.3 Å². The number of amides is 1. The Morgan fingerprint density at radius 1 is 1.17 bits per heavy atom. The van der Waals surface area contributed by atoms with Crippen LogP contribution < -0.4 is 11.1 Å². The van der Waals surface area contributed by atoms with Gasteiger partial charge in [0.15, 0.2) is 0 Å². The summed E-state index contributed by atoms with van der Waals surface area (Å²) in [5, 5.41) is 2.40. The van der Waals surface area contributed by atoms with Gasteiger partial charge in [0.2, 0.25) is 0 Å². The van der Waals surface area contributed by atoms with Gasteiger partial charge in [0.05, 0.1) is 17.6 Å². The van der Waals surface area contributed by atoms with E-state index in [9.17, 15) is 13.6 Å². The van der Waals surface area contributed by atoms with Gasteiger partial charge in [-0.15, -0.1) is 0 Å². The third kappa shape index (κ3) is 2.60. The summed E-state index contributed by atoms with van der Waals surface area (Å²) < 4.78 is 25.6. The Labute approximate surface area is 101 Å². The minimum absolute atomic E-state index is 0.0139. The molecule has 1 aromatic carbocycles. The molecule has 0 fully saturated rings. The van der Waals surface area contributed by atoms with Crippen LogP contribution in [0.4, 0.5) is 20.2 Å². The molecule has 6 heteroatoms. The van der Waals surface area contributed by atoms with Crippen LogP contribution in [0.5, 0.6) is 0 Å². The zero-order chi connectivity index (χ0) is 13.1. The number of nitrogen functional groups attached to an aromatic ring is 1. The lowest BCUT2D eigenvalue weighted by molar-refractivity contribution is 0.102. The van der Waals surface area contributed by atoms with Crippen LogP contribution in [0.3, 0.4) is 0 Å². The first kappa shape index (κ1) is 12.0. The Bertz CT molecular complexity index is 584. The van der Waals surface area contributed by atoms with Crippen LogP contribution in [0.2, 0.25) is 0 Å². The van der Waals surface area contributed by atoms with Crippen molar-refractivity contribution in [2.75, 3.05) is 11.1 Å². The van der Waals surface area contributed by atoms with Crippen molar-refractivity contribution in [2.24, 2.45) is 0 Å². The van der Waals surface area contributed by atoms with E-state index in [1.54, 1.807) is 0 Å². The molecule has 1 aromatic heterocycles. The number of hydrogen-bond donors (Lipinski definition) is 2. The van der Waals surface area contributed by atoms with Gasteiger partial charge in [-0.1, -0.05) is 0 Å². The Morgan fingerprint density at radius 2 is 1.89 bits per heavy atom. The van der Waals surface area contributed by atoms with E-state index in [1.807, 2.05) is 0 Å². The molecule has 4 nitrogen and oxygen atoms in total. The Kier molecular flexibility index (Phi) is 3.18. The highest BCUT2D eigenvalue weighted by molar-refractivity contribution is 6.04. The molecule has 0 spiro atoms. The fraction of sp³-hybridized carbons (Fsp3) is 0. The van der Waals surface area contributed by atoms with E-state index < -0.39 is 17.5 Å². The van der Waals surface area contributed by atoms with E-state index in [1.165, 1.54) is 18.2 Å². The number of nitrogens with one attached hydrogen (secondary N) is 1. The lowest BCUT2D eigenvalue weighted by Gasteiger charge is -2.07. The van der Waals surface area contributed by atoms with Crippen LogP contribution in [0, 0.1) is 11.6 Å². The van der Waals surface area contributed by atoms with Crippen LogP contribution in [0.15, 0.2) is 36.5 Å². The second kappa shape index (κ2) is 4.79. The maximum atomic E-state index is 13.0. The number of halogens is 2. The number of carbonyl (C=O) groups is 1. The van der Waals surface area contributed by atoms with Crippen molar-refractivity contribution < 1.29 is 13.6 Å². The van der Waals surface area contributed by atoms with Crippen molar-refractivity contribution >= 4 is 17.3 Å². The molecule has 0 saturated heterocycles. The molecule has 0 aliphatic rings. The molecule has 0 bridgehead atoms. The molecular weight excluding hydrogens is 240 g/mol. The summed E-state index contributed by atoms with van der Waals surface area (Å²) in [4.78, 5) is 15.3. The molecule has 3 N–H and O–H groups in total. The first-order valence-electron chi connectivity index (χ1n) is 5.04. The summed E-state index contributed by atoms with van der Waals surface area (Å²) in [6, 6.07) is 5.94. The van der Waals surface area contributed by atoms with Crippen molar-refractivity contribution in [3.05, 3.63) is 53.9 Å². The molecule has 0 aliphatic carbocycles. The second-order valence-corrected chi connectivity index (χ2v) is 3.55. The van der Waals surface area contributed by atoms with Gasteiger partial charge in [0, 0.05) is 0 Å². The summed E-state index contributed by atoms with van der Waals surface area (Å²) in [6.07, 6.45) is 0.920. The third-order valence-corrected chi connectivity index (χ3v) is 2.22. The molecule has 0 aliphatic heterocycles.